The molecule has 0 radical (unpaired) electrons. The lowest BCUT2D eigenvalue weighted by molar-refractivity contribution is -0.140. The number of halogens is 6. The summed E-state index contributed by atoms with van der Waals surface area (Å²) in [6, 6.07) is 21.9. The Labute approximate surface area is 291 Å². The number of rotatable bonds is 7. The average molecular weight is 807 g/mol. The van der Waals surface area contributed by atoms with Crippen LogP contribution in [0.25, 0.3) is 16.8 Å². The highest BCUT2D eigenvalue weighted by molar-refractivity contribution is 9.11. The molecule has 13 heteroatoms. The van der Waals surface area contributed by atoms with Gasteiger partial charge in [0.15, 0.2) is 10.5 Å². The molecule has 0 unspecified atom stereocenters. The molecule has 240 valence electrons. The quantitative estimate of drug-likeness (QED) is 0.156. The molecule has 0 saturated carbocycles. The van der Waals surface area contributed by atoms with Crippen molar-refractivity contribution >= 4 is 77.6 Å². The second-order valence-electron chi connectivity index (χ2n) is 10.4. The smallest absolute Gasteiger partial charge is 0.434 e. The number of allylic oxidation sites excluding steroid dienone is 1. The number of hydrogen-bond acceptors (Lipinski definition) is 6. The number of fused-ring (bicyclic) bond motifs is 2. The van der Waals surface area contributed by atoms with Crippen molar-refractivity contribution in [1.82, 2.24) is 4.57 Å². The molecular formula is C34H22Br2ClF3N2O4S. The first-order valence-corrected chi connectivity index (χ1v) is 16.9. The maximum Gasteiger partial charge on any atom is 0.434 e. The Kier molecular flexibility index (Phi) is 9.48. The van der Waals surface area contributed by atoms with E-state index in [-0.39, 0.29) is 21.5 Å². The first kappa shape index (κ1) is 33.2. The van der Waals surface area contributed by atoms with Crippen molar-refractivity contribution in [1.29, 1.82) is 0 Å². The minimum atomic E-state index is -5.00. The number of carbonyl (C=O) groups excluding carboxylic acids is 1. The molecule has 0 fully saturated rings. The van der Waals surface area contributed by atoms with E-state index in [1.807, 2.05) is 42.5 Å². The van der Waals surface area contributed by atoms with Gasteiger partial charge in [-0.25, -0.2) is 9.79 Å². The fourth-order valence-electron chi connectivity index (χ4n) is 5.32. The number of alkyl halides is 3. The molecule has 47 heavy (non-hydrogen) atoms. The summed E-state index contributed by atoms with van der Waals surface area (Å²) in [5, 5.41) is 2.50. The van der Waals surface area contributed by atoms with Gasteiger partial charge in [-0.05, 0) is 96.6 Å². The molecule has 1 aromatic heterocycles. The fourth-order valence-corrected chi connectivity index (χ4v) is 7.90. The van der Waals surface area contributed by atoms with Crippen LogP contribution in [0.5, 0.6) is 5.75 Å². The second kappa shape index (κ2) is 13.4. The number of hydrogen-bond donors (Lipinski definition) is 0. The number of nitrogens with zero attached hydrogens (tertiary/aromatic N) is 2. The number of benzene rings is 4. The Balaban J connectivity index is 1.42. The molecule has 6 rings (SSSR count). The molecule has 6 nitrogen and oxygen atoms in total. The lowest BCUT2D eigenvalue weighted by atomic mass is 9.95. The van der Waals surface area contributed by atoms with Gasteiger partial charge < -0.3 is 9.47 Å². The van der Waals surface area contributed by atoms with Crippen LogP contribution in [0.15, 0.2) is 109 Å². The molecule has 0 saturated heterocycles. The van der Waals surface area contributed by atoms with E-state index >= 15 is 0 Å². The second-order valence-corrected chi connectivity index (χ2v) is 13.5. The maximum atomic E-state index is 14.4. The van der Waals surface area contributed by atoms with Gasteiger partial charge in [0.2, 0.25) is 0 Å². The lowest BCUT2D eigenvalue weighted by Crippen LogP contribution is -2.41. The van der Waals surface area contributed by atoms with Crippen LogP contribution in [0, 0.1) is 0 Å². The van der Waals surface area contributed by atoms with E-state index in [9.17, 15) is 22.8 Å². The third-order valence-corrected chi connectivity index (χ3v) is 9.76. The van der Waals surface area contributed by atoms with Gasteiger partial charge in [0.25, 0.3) is 5.56 Å². The van der Waals surface area contributed by atoms with Crippen molar-refractivity contribution in [2.45, 2.75) is 25.7 Å². The molecule has 4 aromatic carbocycles. The highest BCUT2D eigenvalue weighted by atomic mass is 79.9. The number of aromatic nitrogens is 1. The van der Waals surface area contributed by atoms with E-state index in [4.69, 9.17) is 21.1 Å². The third kappa shape index (κ3) is 6.69. The van der Waals surface area contributed by atoms with Gasteiger partial charge >= 0.3 is 12.1 Å². The number of thiazole rings is 1. The van der Waals surface area contributed by atoms with Crippen molar-refractivity contribution in [3.05, 3.63) is 140 Å². The van der Waals surface area contributed by atoms with Gasteiger partial charge in [0.05, 0.1) is 31.7 Å². The molecule has 5 aromatic rings. The average Bonchev–Trinajstić information content (AvgIpc) is 3.34. The van der Waals surface area contributed by atoms with E-state index < -0.39 is 35.0 Å². The predicted octanol–water partition coefficient (Wildman–Crippen LogP) is 8.25. The SMILES string of the molecule is CCOC(=O)C1=C(C(F)(F)F)N=c2s/c(=C\c3cc(Br)c(OCc4cccc5ccccc45)c(Br)c3)c(=O)n2[C@H]1c1ccc(Cl)cc1. The van der Waals surface area contributed by atoms with Gasteiger partial charge in [0, 0.05) is 5.02 Å². The minimum absolute atomic E-state index is 0.109. The van der Waals surface area contributed by atoms with Gasteiger partial charge in [-0.15, -0.1) is 0 Å². The highest BCUT2D eigenvalue weighted by Gasteiger charge is 2.45. The van der Waals surface area contributed by atoms with Crippen molar-refractivity contribution in [2.75, 3.05) is 6.61 Å². The Bertz CT molecular complexity index is 2220. The molecule has 2 heterocycles. The summed E-state index contributed by atoms with van der Waals surface area (Å²) in [6.07, 6.45) is -3.45. The Hall–Kier alpha value is -3.71. The first-order valence-electron chi connectivity index (χ1n) is 14.1. The van der Waals surface area contributed by atoms with E-state index in [1.165, 1.54) is 31.2 Å². The Morgan fingerprint density at radius 1 is 1.04 bits per heavy atom. The summed E-state index contributed by atoms with van der Waals surface area (Å²) < 4.78 is 56.7. The molecule has 1 aliphatic rings. The summed E-state index contributed by atoms with van der Waals surface area (Å²) in [6.45, 7) is 1.61. The molecule has 0 bridgehead atoms. The monoisotopic (exact) mass is 804 g/mol. The number of esters is 1. The van der Waals surface area contributed by atoms with Crippen LogP contribution >= 0.6 is 54.8 Å². The van der Waals surface area contributed by atoms with Gasteiger partial charge in [-0.2, -0.15) is 13.2 Å². The molecule has 1 aliphatic heterocycles. The molecule has 1 atom stereocenters. The maximum absolute atomic E-state index is 14.4. The molecule has 0 amide bonds. The van der Waals surface area contributed by atoms with Crippen molar-refractivity contribution in [3.8, 4) is 5.75 Å². The van der Waals surface area contributed by atoms with Crippen molar-refractivity contribution < 1.29 is 27.4 Å². The van der Waals surface area contributed by atoms with E-state index in [0.29, 0.717) is 31.9 Å². The van der Waals surface area contributed by atoms with Crippen LogP contribution in [-0.4, -0.2) is 23.3 Å². The van der Waals surface area contributed by atoms with Crippen molar-refractivity contribution in [2.24, 2.45) is 4.99 Å². The summed E-state index contributed by atoms with van der Waals surface area (Å²) in [7, 11) is 0. The van der Waals surface area contributed by atoms with Crippen LogP contribution < -0.4 is 19.6 Å². The standard InChI is InChI=1S/C34H22Br2ClF3N2O4S/c1-2-45-32(44)27-28(20-10-12-22(37)13-11-20)42-31(43)26(47-33(42)41-30(27)34(38,39)40)16-18-14-24(35)29(25(36)15-18)46-17-21-8-5-7-19-6-3-4-9-23(19)21/h3-16,28H,2,17H2,1H3/b26-16-/t28-/m0/s1. The zero-order valence-electron chi connectivity index (χ0n) is 24.3. The topological polar surface area (TPSA) is 69.9 Å². The van der Waals surface area contributed by atoms with Crippen molar-refractivity contribution in [3.63, 3.8) is 0 Å². The summed E-state index contributed by atoms with van der Waals surface area (Å²) in [5.41, 5.74) is -1.01. The van der Waals surface area contributed by atoms with Crippen LogP contribution in [0.3, 0.4) is 0 Å². The zero-order chi connectivity index (χ0) is 33.5. The summed E-state index contributed by atoms with van der Waals surface area (Å²) in [5.74, 6) is -0.682. The van der Waals surface area contributed by atoms with Crippen LogP contribution in [0.4, 0.5) is 13.2 Å². The minimum Gasteiger partial charge on any atom is -0.487 e. The summed E-state index contributed by atoms with van der Waals surface area (Å²) >= 11 is 13.9. The van der Waals surface area contributed by atoms with Crippen LogP contribution in [-0.2, 0) is 16.1 Å². The zero-order valence-corrected chi connectivity index (χ0v) is 29.0. The van der Waals surface area contributed by atoms with E-state index in [2.05, 4.69) is 36.9 Å². The van der Waals surface area contributed by atoms with Gasteiger partial charge in [-0.3, -0.25) is 9.36 Å². The van der Waals surface area contributed by atoms with Gasteiger partial charge in [-0.1, -0.05) is 77.5 Å². The van der Waals surface area contributed by atoms with E-state index in [0.717, 1.165) is 32.2 Å². The lowest BCUT2D eigenvalue weighted by Gasteiger charge is -2.26. The third-order valence-electron chi connectivity index (χ3n) is 7.35. The summed E-state index contributed by atoms with van der Waals surface area (Å²) in [4.78, 5) is 30.5. The largest absolute Gasteiger partial charge is 0.487 e. The van der Waals surface area contributed by atoms with E-state index in [1.54, 1.807) is 18.2 Å². The Morgan fingerprint density at radius 3 is 2.40 bits per heavy atom. The molecular weight excluding hydrogens is 785 g/mol. The number of carbonyl (C=O) groups is 1. The highest BCUT2D eigenvalue weighted by Crippen LogP contribution is 2.39. The van der Waals surface area contributed by atoms with Crippen LogP contribution in [0.1, 0.15) is 29.7 Å². The molecule has 0 spiro atoms. The van der Waals surface area contributed by atoms with Gasteiger partial charge in [0.1, 0.15) is 12.4 Å². The van der Waals surface area contributed by atoms with Crippen LogP contribution in [0.2, 0.25) is 5.02 Å². The predicted molar refractivity (Wildman–Crippen MR) is 182 cm³/mol. The molecule has 0 N–H and O–H groups in total. The normalized spacial score (nSPS) is 15.0. The first-order chi connectivity index (χ1) is 22.5. The Morgan fingerprint density at radius 2 is 1.72 bits per heavy atom. The number of ether oxygens (including phenoxy) is 2. The molecule has 0 aliphatic carbocycles. The fraction of sp³-hybridized carbons (Fsp3) is 0.147.